The third kappa shape index (κ3) is 3.54. The number of fused-ring (bicyclic) bond motifs is 4. The maximum atomic E-state index is 12.8. The molecular formula is C22H30N4O. The first kappa shape index (κ1) is 18.3. The lowest BCUT2D eigenvalue weighted by Crippen LogP contribution is -2.65. The molecule has 1 amide bonds. The van der Waals surface area contributed by atoms with Gasteiger partial charge in [-0.1, -0.05) is 13.8 Å². The average molecular weight is 367 g/mol. The molecule has 1 aromatic rings. The Labute approximate surface area is 162 Å². The van der Waals surface area contributed by atoms with Crippen LogP contribution in [0.25, 0.3) is 0 Å². The normalized spacial score (nSPS) is 30.2. The molecule has 4 heterocycles. The Morgan fingerprint density at radius 3 is 2.93 bits per heavy atom. The summed E-state index contributed by atoms with van der Waals surface area (Å²) < 4.78 is 0. The van der Waals surface area contributed by atoms with Gasteiger partial charge in [-0.15, -0.1) is 0 Å². The molecule has 0 spiro atoms. The van der Waals surface area contributed by atoms with Crippen LogP contribution in [0.5, 0.6) is 0 Å². The second-order valence-electron chi connectivity index (χ2n) is 8.97. The molecule has 0 aromatic carbocycles. The SMILES string of the molecule is CC(C)CC[C@H]1[C@H]2C[C@H](CN(c3cc(C#N)ccn3)C2)[C@@H]2CCCC(=O)N21. The Morgan fingerprint density at radius 2 is 2.15 bits per heavy atom. The molecule has 4 atom stereocenters. The van der Waals surface area contributed by atoms with Crippen LogP contribution < -0.4 is 4.90 Å². The van der Waals surface area contributed by atoms with E-state index < -0.39 is 0 Å². The zero-order chi connectivity index (χ0) is 19.0. The van der Waals surface area contributed by atoms with Crippen molar-refractivity contribution in [1.29, 1.82) is 5.26 Å². The quantitative estimate of drug-likeness (QED) is 0.817. The van der Waals surface area contributed by atoms with Crippen molar-refractivity contribution in [2.45, 2.75) is 64.5 Å². The third-order valence-corrected chi connectivity index (χ3v) is 6.74. The summed E-state index contributed by atoms with van der Waals surface area (Å²) in [5.74, 6) is 2.99. The molecule has 0 radical (unpaired) electrons. The van der Waals surface area contributed by atoms with E-state index >= 15 is 0 Å². The predicted molar refractivity (Wildman–Crippen MR) is 105 cm³/mol. The summed E-state index contributed by atoms with van der Waals surface area (Å²) >= 11 is 0. The van der Waals surface area contributed by atoms with E-state index in [1.807, 2.05) is 6.07 Å². The van der Waals surface area contributed by atoms with Gasteiger partial charge in [-0.05, 0) is 62.0 Å². The molecule has 0 N–H and O–H groups in total. The smallest absolute Gasteiger partial charge is 0.223 e. The molecule has 1 aromatic heterocycles. The molecule has 2 bridgehead atoms. The number of nitrogens with zero attached hydrogens (tertiary/aromatic N) is 4. The maximum Gasteiger partial charge on any atom is 0.223 e. The standard InChI is InChI=1S/C22H30N4O/c1-15(2)6-7-20-18-11-17(19-4-3-5-22(27)26(19)20)13-25(14-18)21-10-16(12-23)8-9-24-21/h8-10,15,17-20H,3-7,11,13-14H2,1-2H3/t17-,18+,19+,20+/m1/s1. The Kier molecular flexibility index (Phi) is 5.08. The summed E-state index contributed by atoms with van der Waals surface area (Å²) in [6, 6.07) is 6.66. The molecular weight excluding hydrogens is 336 g/mol. The first-order valence-corrected chi connectivity index (χ1v) is 10.5. The van der Waals surface area contributed by atoms with Crippen molar-refractivity contribution in [3.8, 4) is 6.07 Å². The molecule has 3 aliphatic rings. The number of anilines is 1. The Morgan fingerprint density at radius 1 is 1.33 bits per heavy atom. The third-order valence-electron chi connectivity index (χ3n) is 6.74. The highest BCUT2D eigenvalue weighted by Gasteiger charge is 2.49. The fourth-order valence-electron chi connectivity index (χ4n) is 5.50. The van der Waals surface area contributed by atoms with Gasteiger partial charge in [-0.3, -0.25) is 4.79 Å². The molecule has 0 unspecified atom stereocenters. The van der Waals surface area contributed by atoms with Crippen molar-refractivity contribution < 1.29 is 4.79 Å². The minimum absolute atomic E-state index is 0.364. The van der Waals surface area contributed by atoms with Crippen molar-refractivity contribution in [2.24, 2.45) is 17.8 Å². The van der Waals surface area contributed by atoms with Gasteiger partial charge in [0.25, 0.3) is 0 Å². The highest BCUT2D eigenvalue weighted by molar-refractivity contribution is 5.78. The minimum atomic E-state index is 0.364. The summed E-state index contributed by atoms with van der Waals surface area (Å²) in [5, 5.41) is 9.23. The van der Waals surface area contributed by atoms with Crippen LogP contribution in [0, 0.1) is 29.1 Å². The van der Waals surface area contributed by atoms with E-state index in [0.717, 1.165) is 44.6 Å². The van der Waals surface area contributed by atoms with Crippen LogP contribution in [0.3, 0.4) is 0 Å². The van der Waals surface area contributed by atoms with Crippen molar-refractivity contribution >= 4 is 11.7 Å². The van der Waals surface area contributed by atoms with Crippen LogP contribution in [0.4, 0.5) is 5.82 Å². The fraction of sp³-hybridized carbons (Fsp3) is 0.682. The number of rotatable bonds is 4. The van der Waals surface area contributed by atoms with E-state index in [4.69, 9.17) is 0 Å². The van der Waals surface area contributed by atoms with Crippen LogP contribution in [0.15, 0.2) is 18.3 Å². The molecule has 3 saturated heterocycles. The summed E-state index contributed by atoms with van der Waals surface area (Å²) in [5.41, 5.74) is 0.668. The molecule has 144 valence electrons. The highest BCUT2D eigenvalue weighted by atomic mass is 16.2. The number of piperidine rings is 3. The van der Waals surface area contributed by atoms with E-state index in [9.17, 15) is 10.1 Å². The zero-order valence-corrected chi connectivity index (χ0v) is 16.5. The van der Waals surface area contributed by atoms with Crippen LogP contribution in [-0.4, -0.2) is 41.0 Å². The van der Waals surface area contributed by atoms with Crippen molar-refractivity contribution in [2.75, 3.05) is 18.0 Å². The summed E-state index contributed by atoms with van der Waals surface area (Å²) in [6.07, 6.45) is 8.14. The number of pyridine rings is 1. The summed E-state index contributed by atoms with van der Waals surface area (Å²) in [7, 11) is 0. The maximum absolute atomic E-state index is 12.8. The van der Waals surface area contributed by atoms with Gasteiger partial charge in [0.15, 0.2) is 0 Å². The van der Waals surface area contributed by atoms with Crippen molar-refractivity contribution in [3.63, 3.8) is 0 Å². The molecule has 27 heavy (non-hydrogen) atoms. The summed E-state index contributed by atoms with van der Waals surface area (Å²) in [4.78, 5) is 22.0. The van der Waals surface area contributed by atoms with Gasteiger partial charge >= 0.3 is 0 Å². The molecule has 5 heteroatoms. The Bertz CT molecular complexity index is 740. The van der Waals surface area contributed by atoms with Crippen LogP contribution >= 0.6 is 0 Å². The molecule has 5 nitrogen and oxygen atoms in total. The first-order valence-electron chi connectivity index (χ1n) is 10.5. The number of carbonyl (C=O) groups is 1. The lowest BCUT2D eigenvalue weighted by atomic mass is 9.71. The zero-order valence-electron chi connectivity index (χ0n) is 16.5. The predicted octanol–water partition coefficient (Wildman–Crippen LogP) is 3.60. The summed E-state index contributed by atoms with van der Waals surface area (Å²) in [6.45, 7) is 6.43. The van der Waals surface area contributed by atoms with Crippen molar-refractivity contribution in [3.05, 3.63) is 23.9 Å². The molecule has 3 aliphatic heterocycles. The van der Waals surface area contributed by atoms with Gasteiger partial charge in [0.1, 0.15) is 5.82 Å². The van der Waals surface area contributed by atoms with Crippen molar-refractivity contribution in [1.82, 2.24) is 9.88 Å². The van der Waals surface area contributed by atoms with Crippen LogP contribution in [0.2, 0.25) is 0 Å². The lowest BCUT2D eigenvalue weighted by Gasteiger charge is -2.57. The molecule has 4 rings (SSSR count). The van der Waals surface area contributed by atoms with Gasteiger partial charge in [0, 0.05) is 37.8 Å². The number of nitriles is 1. The second-order valence-corrected chi connectivity index (χ2v) is 8.97. The van der Waals surface area contributed by atoms with Crippen LogP contribution in [0.1, 0.15) is 57.9 Å². The second kappa shape index (κ2) is 7.50. The monoisotopic (exact) mass is 366 g/mol. The van der Waals surface area contributed by atoms with Gasteiger partial charge < -0.3 is 9.80 Å². The molecule has 3 fully saturated rings. The number of hydrogen-bond acceptors (Lipinski definition) is 4. The van der Waals surface area contributed by atoms with Gasteiger partial charge in [-0.25, -0.2) is 4.98 Å². The van der Waals surface area contributed by atoms with E-state index in [-0.39, 0.29) is 0 Å². The van der Waals surface area contributed by atoms with E-state index in [1.165, 1.54) is 12.8 Å². The van der Waals surface area contributed by atoms with E-state index in [2.05, 4.69) is 34.7 Å². The number of amides is 1. The van der Waals surface area contributed by atoms with Gasteiger partial charge in [0.05, 0.1) is 11.6 Å². The van der Waals surface area contributed by atoms with E-state index in [1.54, 1.807) is 12.3 Å². The minimum Gasteiger partial charge on any atom is -0.356 e. The lowest BCUT2D eigenvalue weighted by molar-refractivity contribution is -0.149. The number of aromatic nitrogens is 1. The van der Waals surface area contributed by atoms with Gasteiger partial charge in [-0.2, -0.15) is 5.26 Å². The topological polar surface area (TPSA) is 60.2 Å². The average Bonchev–Trinajstić information content (AvgIpc) is 2.68. The fourth-order valence-corrected chi connectivity index (χ4v) is 5.50. The first-order chi connectivity index (χ1) is 13.1. The Balaban J connectivity index is 1.61. The van der Waals surface area contributed by atoms with Crippen LogP contribution in [-0.2, 0) is 4.79 Å². The molecule has 0 saturated carbocycles. The number of carbonyl (C=O) groups excluding carboxylic acids is 1. The highest BCUT2D eigenvalue weighted by Crippen LogP contribution is 2.43. The largest absolute Gasteiger partial charge is 0.356 e. The Hall–Kier alpha value is -2.09. The molecule has 0 aliphatic carbocycles. The number of hydrogen-bond donors (Lipinski definition) is 0. The van der Waals surface area contributed by atoms with E-state index in [0.29, 0.717) is 41.3 Å². The van der Waals surface area contributed by atoms with Gasteiger partial charge in [0.2, 0.25) is 5.91 Å².